The van der Waals surface area contributed by atoms with E-state index in [1.807, 2.05) is 0 Å². The van der Waals surface area contributed by atoms with Crippen LogP contribution < -0.4 is 0 Å². The van der Waals surface area contributed by atoms with Crippen molar-refractivity contribution >= 4 is 17.9 Å². The minimum atomic E-state index is -0.765. The van der Waals surface area contributed by atoms with E-state index in [2.05, 4.69) is 45.1 Å². The second kappa shape index (κ2) is 62.4. The van der Waals surface area contributed by atoms with Crippen LogP contribution in [0.15, 0.2) is 24.3 Å². The Labute approximate surface area is 455 Å². The van der Waals surface area contributed by atoms with Crippen LogP contribution >= 0.6 is 0 Å². The number of allylic oxidation sites excluding steroid dienone is 4. The van der Waals surface area contributed by atoms with Gasteiger partial charge in [0.15, 0.2) is 6.10 Å². The molecule has 0 fully saturated rings. The van der Waals surface area contributed by atoms with E-state index < -0.39 is 6.10 Å². The van der Waals surface area contributed by atoms with Crippen LogP contribution in [0.4, 0.5) is 0 Å². The lowest BCUT2D eigenvalue weighted by atomic mass is 10.0. The van der Waals surface area contributed by atoms with Gasteiger partial charge in [-0.15, -0.1) is 0 Å². The van der Waals surface area contributed by atoms with Gasteiger partial charge in [-0.25, -0.2) is 0 Å². The Kier molecular flexibility index (Phi) is 60.6. The predicted molar refractivity (Wildman–Crippen MR) is 316 cm³/mol. The lowest BCUT2D eigenvalue weighted by Crippen LogP contribution is -2.30. The summed E-state index contributed by atoms with van der Waals surface area (Å²) in [5.41, 5.74) is 0. The molecule has 0 aromatic heterocycles. The van der Waals surface area contributed by atoms with Gasteiger partial charge in [0.2, 0.25) is 0 Å². The molecule has 0 saturated heterocycles. The van der Waals surface area contributed by atoms with E-state index in [0.717, 1.165) is 64.2 Å². The standard InChI is InChI=1S/C67H126O6/c1-4-7-10-13-16-19-22-25-27-28-29-30-31-32-33-34-35-36-37-38-40-42-45-48-51-54-57-60-66(69)72-63-64(62-71-65(68)59-56-53-50-47-44-41-24-21-18-15-12-9-6-3)73-67(70)61-58-55-52-49-46-43-39-26-23-20-17-14-11-8-5-2/h22,25,28-29,64H,4-21,23-24,26-27,30-63H2,1-3H3/b25-22-,29-28-. The third-order valence-corrected chi connectivity index (χ3v) is 15.0. The van der Waals surface area contributed by atoms with Gasteiger partial charge in [0, 0.05) is 19.3 Å². The lowest BCUT2D eigenvalue weighted by Gasteiger charge is -2.18. The van der Waals surface area contributed by atoms with Crippen molar-refractivity contribution in [3.05, 3.63) is 24.3 Å². The first-order chi connectivity index (χ1) is 36.0. The van der Waals surface area contributed by atoms with Crippen molar-refractivity contribution in [2.75, 3.05) is 13.2 Å². The summed E-state index contributed by atoms with van der Waals surface area (Å²) in [6.45, 7) is 6.70. The average Bonchev–Trinajstić information content (AvgIpc) is 3.39. The van der Waals surface area contributed by atoms with E-state index >= 15 is 0 Å². The monoisotopic (exact) mass is 1030 g/mol. The molecular formula is C67H126O6. The minimum Gasteiger partial charge on any atom is -0.462 e. The maximum absolute atomic E-state index is 12.9. The third kappa shape index (κ3) is 60.6. The molecule has 6 heteroatoms. The van der Waals surface area contributed by atoms with E-state index in [9.17, 15) is 14.4 Å². The zero-order chi connectivity index (χ0) is 52.9. The van der Waals surface area contributed by atoms with Gasteiger partial charge in [-0.3, -0.25) is 14.4 Å². The predicted octanol–water partition coefficient (Wildman–Crippen LogP) is 22.2. The molecular weight excluding hydrogens is 901 g/mol. The molecule has 0 aromatic carbocycles. The molecule has 1 atom stereocenters. The summed E-state index contributed by atoms with van der Waals surface area (Å²) in [5.74, 6) is -0.836. The zero-order valence-corrected chi connectivity index (χ0v) is 49.4. The summed E-state index contributed by atoms with van der Waals surface area (Å²) < 4.78 is 16.9. The first-order valence-electron chi connectivity index (χ1n) is 32.8. The first-order valence-corrected chi connectivity index (χ1v) is 32.8. The van der Waals surface area contributed by atoms with Crippen molar-refractivity contribution in [2.45, 2.75) is 374 Å². The molecule has 0 N–H and O–H groups in total. The van der Waals surface area contributed by atoms with Gasteiger partial charge in [-0.05, 0) is 51.4 Å². The van der Waals surface area contributed by atoms with E-state index in [1.54, 1.807) is 0 Å². The highest BCUT2D eigenvalue weighted by Gasteiger charge is 2.19. The molecule has 0 aliphatic heterocycles. The number of carbonyl (C=O) groups is 3. The molecule has 430 valence electrons. The van der Waals surface area contributed by atoms with Gasteiger partial charge in [0.25, 0.3) is 0 Å². The van der Waals surface area contributed by atoms with Gasteiger partial charge >= 0.3 is 17.9 Å². The van der Waals surface area contributed by atoms with Crippen molar-refractivity contribution in [1.82, 2.24) is 0 Å². The Hall–Kier alpha value is -2.11. The second-order valence-electron chi connectivity index (χ2n) is 22.4. The molecule has 0 bridgehead atoms. The number of unbranched alkanes of at least 4 members (excludes halogenated alkanes) is 46. The number of ether oxygens (including phenoxy) is 3. The number of carbonyl (C=O) groups excluding carboxylic acids is 3. The van der Waals surface area contributed by atoms with Crippen LogP contribution in [-0.2, 0) is 28.6 Å². The minimum absolute atomic E-state index is 0.0640. The van der Waals surface area contributed by atoms with Gasteiger partial charge in [0.1, 0.15) is 13.2 Å². The quantitative estimate of drug-likeness (QED) is 0.0261. The molecule has 0 aromatic rings. The number of hydrogen-bond donors (Lipinski definition) is 0. The fourth-order valence-corrected chi connectivity index (χ4v) is 10.0. The fourth-order valence-electron chi connectivity index (χ4n) is 10.0. The summed E-state index contributed by atoms with van der Waals surface area (Å²) in [7, 11) is 0. The zero-order valence-electron chi connectivity index (χ0n) is 49.4. The molecule has 0 radical (unpaired) electrons. The third-order valence-electron chi connectivity index (χ3n) is 15.0. The molecule has 0 amide bonds. The molecule has 1 unspecified atom stereocenters. The van der Waals surface area contributed by atoms with Gasteiger partial charge in [0.05, 0.1) is 0 Å². The summed E-state index contributed by atoms with van der Waals surface area (Å²) in [6.07, 6.45) is 74.8. The second-order valence-corrected chi connectivity index (χ2v) is 22.4. The summed E-state index contributed by atoms with van der Waals surface area (Å²) >= 11 is 0. The fraction of sp³-hybridized carbons (Fsp3) is 0.896. The number of esters is 3. The molecule has 6 nitrogen and oxygen atoms in total. The van der Waals surface area contributed by atoms with E-state index in [0.29, 0.717) is 19.3 Å². The Bertz CT molecular complexity index is 1180. The van der Waals surface area contributed by atoms with Crippen molar-refractivity contribution in [3.63, 3.8) is 0 Å². The Morgan fingerprint density at radius 2 is 0.493 bits per heavy atom. The molecule has 0 aliphatic rings. The average molecular weight is 1030 g/mol. The van der Waals surface area contributed by atoms with E-state index in [1.165, 1.54) is 263 Å². The molecule has 0 spiro atoms. The van der Waals surface area contributed by atoms with Crippen LogP contribution in [0.25, 0.3) is 0 Å². The highest BCUT2D eigenvalue weighted by atomic mass is 16.6. The van der Waals surface area contributed by atoms with Crippen LogP contribution in [0.1, 0.15) is 367 Å². The van der Waals surface area contributed by atoms with Crippen LogP contribution in [0, 0.1) is 0 Å². The van der Waals surface area contributed by atoms with Crippen molar-refractivity contribution < 1.29 is 28.6 Å². The molecule has 73 heavy (non-hydrogen) atoms. The van der Waals surface area contributed by atoms with Crippen molar-refractivity contribution in [3.8, 4) is 0 Å². The first kappa shape index (κ1) is 70.9. The molecule has 0 saturated carbocycles. The van der Waals surface area contributed by atoms with E-state index in [-0.39, 0.29) is 31.1 Å². The van der Waals surface area contributed by atoms with Crippen LogP contribution in [0.5, 0.6) is 0 Å². The maximum atomic E-state index is 12.9. The van der Waals surface area contributed by atoms with Gasteiger partial charge in [-0.2, -0.15) is 0 Å². The highest BCUT2D eigenvalue weighted by molar-refractivity contribution is 5.71. The normalized spacial score (nSPS) is 12.1. The maximum Gasteiger partial charge on any atom is 0.306 e. The Balaban J connectivity index is 4.18. The largest absolute Gasteiger partial charge is 0.462 e. The lowest BCUT2D eigenvalue weighted by molar-refractivity contribution is -0.167. The van der Waals surface area contributed by atoms with Crippen molar-refractivity contribution in [1.29, 1.82) is 0 Å². The smallest absolute Gasteiger partial charge is 0.306 e. The van der Waals surface area contributed by atoms with Crippen LogP contribution in [-0.4, -0.2) is 37.2 Å². The topological polar surface area (TPSA) is 78.9 Å². The highest BCUT2D eigenvalue weighted by Crippen LogP contribution is 2.18. The molecule has 0 rings (SSSR count). The van der Waals surface area contributed by atoms with Gasteiger partial charge < -0.3 is 14.2 Å². The summed E-state index contributed by atoms with van der Waals surface area (Å²) in [4.78, 5) is 38.3. The van der Waals surface area contributed by atoms with E-state index in [4.69, 9.17) is 14.2 Å². The number of hydrogen-bond acceptors (Lipinski definition) is 6. The Morgan fingerprint density at radius 1 is 0.274 bits per heavy atom. The molecule has 0 heterocycles. The SMILES string of the molecule is CCCCCCC/C=C\C/C=C\CCCCCCCCCCCCCCCCCC(=O)OCC(COC(=O)CCCCCCCCCCCCCCC)OC(=O)CCCCCCCCCCCCCCCCC. The van der Waals surface area contributed by atoms with Gasteiger partial charge in [-0.1, -0.05) is 321 Å². The van der Waals surface area contributed by atoms with Crippen LogP contribution in [0.3, 0.4) is 0 Å². The Morgan fingerprint density at radius 3 is 0.753 bits per heavy atom. The molecule has 0 aliphatic carbocycles. The van der Waals surface area contributed by atoms with Crippen molar-refractivity contribution in [2.24, 2.45) is 0 Å². The summed E-state index contributed by atoms with van der Waals surface area (Å²) in [5, 5.41) is 0. The summed E-state index contributed by atoms with van der Waals surface area (Å²) in [6, 6.07) is 0. The number of rotatable bonds is 61. The van der Waals surface area contributed by atoms with Crippen LogP contribution in [0.2, 0.25) is 0 Å².